The van der Waals surface area contributed by atoms with Crippen LogP contribution in [0.25, 0.3) is 0 Å². The summed E-state index contributed by atoms with van der Waals surface area (Å²) in [6.45, 7) is 5.85. The molecule has 0 aromatic rings. The molecule has 0 bridgehead atoms. The zero-order chi connectivity index (χ0) is 9.40. The second-order valence-corrected chi connectivity index (χ2v) is 2.43. The molecule has 0 spiro atoms. The number of amides is 1. The van der Waals surface area contributed by atoms with Gasteiger partial charge in [0.25, 0.3) is 0 Å². The van der Waals surface area contributed by atoms with E-state index in [1.165, 1.54) is 0 Å². The lowest BCUT2D eigenvalue weighted by Crippen LogP contribution is -2.46. The quantitative estimate of drug-likeness (QED) is 0.333. The van der Waals surface area contributed by atoms with Crippen LogP contribution in [-0.4, -0.2) is 17.6 Å². The Balaban J connectivity index is 3.43. The smallest absolute Gasteiger partial charge is 0.238 e. The molecule has 0 aliphatic rings. The second-order valence-electron chi connectivity index (χ2n) is 2.03. The van der Waals surface area contributed by atoms with Crippen LogP contribution in [0.5, 0.6) is 0 Å². The normalized spacial score (nSPS) is 8.42. The van der Waals surface area contributed by atoms with E-state index < -0.39 is 0 Å². The summed E-state index contributed by atoms with van der Waals surface area (Å²) in [5, 5.41) is 3.19. The molecule has 68 valence electrons. The number of thiocarbonyl (C=S) groups is 1. The third kappa shape index (κ3) is 5.67. The van der Waals surface area contributed by atoms with E-state index in [0.717, 1.165) is 0 Å². The fourth-order valence-corrected chi connectivity index (χ4v) is 0.558. The minimum absolute atomic E-state index is 0.0993. The van der Waals surface area contributed by atoms with Gasteiger partial charge in [-0.25, -0.2) is 0 Å². The molecule has 0 aliphatic carbocycles. The number of rotatable bonds is 3. The molecule has 5 heteroatoms. The molecule has 0 saturated heterocycles. The van der Waals surface area contributed by atoms with E-state index >= 15 is 0 Å². The van der Waals surface area contributed by atoms with Gasteiger partial charge in [-0.2, -0.15) is 0 Å². The SMILES string of the molecule is C=CCNC(=S)NNC(=O)CC. The van der Waals surface area contributed by atoms with Crippen LogP contribution in [-0.2, 0) is 4.79 Å². The number of hydrogen-bond acceptors (Lipinski definition) is 2. The highest BCUT2D eigenvalue weighted by Crippen LogP contribution is 1.71. The zero-order valence-corrected chi connectivity index (χ0v) is 7.83. The Hall–Kier alpha value is -1.10. The van der Waals surface area contributed by atoms with Crippen LogP contribution >= 0.6 is 12.2 Å². The largest absolute Gasteiger partial charge is 0.358 e. The van der Waals surface area contributed by atoms with Crippen molar-refractivity contribution < 1.29 is 4.79 Å². The summed E-state index contributed by atoms with van der Waals surface area (Å²) >= 11 is 4.80. The van der Waals surface area contributed by atoms with Crippen LogP contribution in [0.15, 0.2) is 12.7 Å². The molecule has 0 radical (unpaired) electrons. The molecule has 0 heterocycles. The lowest BCUT2D eigenvalue weighted by atomic mass is 10.5. The summed E-state index contributed by atoms with van der Waals surface area (Å²) in [6, 6.07) is 0. The number of carbonyl (C=O) groups excluding carboxylic acids is 1. The third-order valence-electron chi connectivity index (χ3n) is 1.04. The first kappa shape index (κ1) is 10.9. The molecule has 0 atom stereocenters. The van der Waals surface area contributed by atoms with Crippen molar-refractivity contribution in [2.75, 3.05) is 6.54 Å². The standard InChI is InChI=1S/C7H13N3OS/c1-3-5-8-7(12)10-9-6(11)4-2/h3H,1,4-5H2,2H3,(H,9,11)(H2,8,10,12). The highest BCUT2D eigenvalue weighted by Gasteiger charge is 1.95. The monoisotopic (exact) mass is 187 g/mol. The average molecular weight is 187 g/mol. The number of hydrazine groups is 1. The van der Waals surface area contributed by atoms with Gasteiger partial charge in [0.2, 0.25) is 5.91 Å². The maximum atomic E-state index is 10.7. The van der Waals surface area contributed by atoms with E-state index in [0.29, 0.717) is 18.1 Å². The van der Waals surface area contributed by atoms with E-state index in [1.54, 1.807) is 13.0 Å². The van der Waals surface area contributed by atoms with Crippen molar-refractivity contribution in [3.63, 3.8) is 0 Å². The highest BCUT2D eigenvalue weighted by molar-refractivity contribution is 7.80. The van der Waals surface area contributed by atoms with Gasteiger partial charge in [-0.05, 0) is 12.2 Å². The van der Waals surface area contributed by atoms with Crippen molar-refractivity contribution in [1.82, 2.24) is 16.2 Å². The van der Waals surface area contributed by atoms with Crippen LogP contribution < -0.4 is 16.2 Å². The minimum atomic E-state index is -0.0993. The molecular formula is C7H13N3OS. The molecule has 12 heavy (non-hydrogen) atoms. The van der Waals surface area contributed by atoms with E-state index in [9.17, 15) is 4.79 Å². The van der Waals surface area contributed by atoms with Crippen molar-refractivity contribution in [1.29, 1.82) is 0 Å². The first-order chi connectivity index (χ1) is 5.70. The van der Waals surface area contributed by atoms with Crippen LogP contribution in [0, 0.1) is 0 Å². The van der Waals surface area contributed by atoms with Crippen molar-refractivity contribution in [3.05, 3.63) is 12.7 Å². The molecule has 0 saturated carbocycles. The summed E-state index contributed by atoms with van der Waals surface area (Å²) in [5.74, 6) is -0.0993. The van der Waals surface area contributed by atoms with Gasteiger partial charge in [0, 0.05) is 13.0 Å². The van der Waals surface area contributed by atoms with Crippen molar-refractivity contribution in [2.45, 2.75) is 13.3 Å². The summed E-state index contributed by atoms with van der Waals surface area (Å²) < 4.78 is 0. The number of hydrogen-bond donors (Lipinski definition) is 3. The summed E-state index contributed by atoms with van der Waals surface area (Å²) in [5.41, 5.74) is 4.96. The van der Waals surface area contributed by atoms with Gasteiger partial charge in [-0.1, -0.05) is 13.0 Å². The Kier molecular flexibility index (Phi) is 6.00. The van der Waals surface area contributed by atoms with Gasteiger partial charge in [0.1, 0.15) is 0 Å². The second kappa shape index (κ2) is 6.60. The highest BCUT2D eigenvalue weighted by atomic mass is 32.1. The van der Waals surface area contributed by atoms with Gasteiger partial charge < -0.3 is 5.32 Å². The molecule has 0 aliphatic heterocycles. The lowest BCUT2D eigenvalue weighted by molar-refractivity contribution is -0.121. The van der Waals surface area contributed by atoms with E-state index in [-0.39, 0.29) is 5.91 Å². The molecule has 4 nitrogen and oxygen atoms in total. The van der Waals surface area contributed by atoms with Gasteiger partial charge in [-0.3, -0.25) is 15.6 Å². The number of carbonyl (C=O) groups is 1. The first-order valence-corrected chi connectivity index (χ1v) is 4.05. The predicted octanol–water partition coefficient (Wildman–Crippen LogP) is 0.0777. The van der Waals surface area contributed by atoms with Gasteiger partial charge in [0.05, 0.1) is 0 Å². The van der Waals surface area contributed by atoms with E-state index in [4.69, 9.17) is 12.2 Å². The number of nitrogens with one attached hydrogen (secondary N) is 3. The molecule has 0 unspecified atom stereocenters. The maximum Gasteiger partial charge on any atom is 0.238 e. The fraction of sp³-hybridized carbons (Fsp3) is 0.429. The molecule has 0 aromatic heterocycles. The van der Waals surface area contributed by atoms with Gasteiger partial charge >= 0.3 is 0 Å². The van der Waals surface area contributed by atoms with Gasteiger partial charge in [0.15, 0.2) is 5.11 Å². The minimum Gasteiger partial charge on any atom is -0.358 e. The summed E-state index contributed by atoms with van der Waals surface area (Å²) in [7, 11) is 0. The average Bonchev–Trinajstić information content (AvgIpc) is 2.10. The molecule has 1 amide bonds. The van der Waals surface area contributed by atoms with E-state index in [1.807, 2.05) is 0 Å². The topological polar surface area (TPSA) is 53.2 Å². The van der Waals surface area contributed by atoms with Crippen molar-refractivity contribution >= 4 is 23.2 Å². The molecule has 0 fully saturated rings. The molecular weight excluding hydrogens is 174 g/mol. The zero-order valence-electron chi connectivity index (χ0n) is 7.02. The first-order valence-electron chi connectivity index (χ1n) is 3.64. The van der Waals surface area contributed by atoms with Crippen LogP contribution in [0.1, 0.15) is 13.3 Å². The van der Waals surface area contributed by atoms with Crippen LogP contribution in [0.4, 0.5) is 0 Å². The third-order valence-corrected chi connectivity index (χ3v) is 1.29. The lowest BCUT2D eigenvalue weighted by Gasteiger charge is -2.08. The van der Waals surface area contributed by atoms with Crippen molar-refractivity contribution in [3.8, 4) is 0 Å². The van der Waals surface area contributed by atoms with Crippen LogP contribution in [0.2, 0.25) is 0 Å². The maximum absolute atomic E-state index is 10.7. The summed E-state index contributed by atoms with van der Waals surface area (Å²) in [4.78, 5) is 10.7. The molecule has 3 N–H and O–H groups in total. The van der Waals surface area contributed by atoms with Crippen LogP contribution in [0.3, 0.4) is 0 Å². The molecule has 0 aromatic carbocycles. The Morgan fingerprint density at radius 3 is 2.75 bits per heavy atom. The Bertz CT molecular complexity index is 181. The Morgan fingerprint density at radius 2 is 2.25 bits per heavy atom. The predicted molar refractivity (Wildman–Crippen MR) is 52.4 cm³/mol. The Morgan fingerprint density at radius 1 is 1.58 bits per heavy atom. The summed E-state index contributed by atoms with van der Waals surface area (Å²) in [6.07, 6.45) is 2.10. The van der Waals surface area contributed by atoms with Gasteiger partial charge in [-0.15, -0.1) is 6.58 Å². The van der Waals surface area contributed by atoms with Crippen molar-refractivity contribution in [2.24, 2.45) is 0 Å². The Labute approximate surface area is 77.4 Å². The van der Waals surface area contributed by atoms with E-state index in [2.05, 4.69) is 22.7 Å². The molecule has 0 rings (SSSR count). The fourth-order valence-electron chi connectivity index (χ4n) is 0.424.